The molecule has 0 N–H and O–H groups in total. The zero-order valence-electron chi connectivity index (χ0n) is 12.2. The largest absolute Gasteiger partial charge is 0.358 e. The van der Waals surface area contributed by atoms with Crippen LogP contribution in [0.3, 0.4) is 0 Å². The fraction of sp³-hybridized carbons (Fsp3) is 0.643. The van der Waals surface area contributed by atoms with Gasteiger partial charge < -0.3 is 9.80 Å². The first-order chi connectivity index (χ1) is 9.01. The molecule has 5 heteroatoms. The lowest BCUT2D eigenvalue weighted by molar-refractivity contribution is -0.127. The lowest BCUT2D eigenvalue weighted by atomic mass is 10.1. The molecular weight excluding hydrogens is 240 g/mol. The van der Waals surface area contributed by atoms with Crippen LogP contribution in [0.5, 0.6) is 0 Å². The molecule has 2 rings (SSSR count). The molecule has 1 aliphatic rings. The molecule has 1 aromatic heterocycles. The molecule has 0 spiro atoms. The average Bonchev–Trinajstić information content (AvgIpc) is 2.72. The molecule has 0 saturated carbocycles. The summed E-state index contributed by atoms with van der Waals surface area (Å²) in [7, 11) is 2.02. The topological polar surface area (TPSA) is 49.3 Å². The van der Waals surface area contributed by atoms with Gasteiger partial charge in [-0.1, -0.05) is 0 Å². The zero-order valence-corrected chi connectivity index (χ0v) is 12.2. The van der Waals surface area contributed by atoms with Crippen molar-refractivity contribution in [3.05, 3.63) is 17.6 Å². The molecule has 1 saturated heterocycles. The number of aromatic nitrogens is 2. The number of amides is 1. The molecule has 0 radical (unpaired) electrons. The predicted molar refractivity (Wildman–Crippen MR) is 75.1 cm³/mol. The molecule has 5 nitrogen and oxygen atoms in total. The van der Waals surface area contributed by atoms with Gasteiger partial charge in [0.05, 0.1) is 11.4 Å². The molecule has 1 fully saturated rings. The van der Waals surface area contributed by atoms with Gasteiger partial charge in [0.1, 0.15) is 5.82 Å². The SMILES string of the molecule is CCN1CC(CN(C)c2nc(C)cnc2C)CC1=O. The second-order valence-electron chi connectivity index (χ2n) is 5.30. The van der Waals surface area contributed by atoms with Gasteiger partial charge in [-0.15, -0.1) is 0 Å². The van der Waals surface area contributed by atoms with Crippen LogP contribution < -0.4 is 4.90 Å². The summed E-state index contributed by atoms with van der Waals surface area (Å²) in [6.45, 7) is 8.46. The van der Waals surface area contributed by atoms with Crippen LogP contribution in [0, 0.1) is 19.8 Å². The Kier molecular flexibility index (Phi) is 4.02. The van der Waals surface area contributed by atoms with E-state index < -0.39 is 0 Å². The molecule has 1 amide bonds. The first-order valence-electron chi connectivity index (χ1n) is 6.80. The number of hydrogen-bond donors (Lipinski definition) is 0. The van der Waals surface area contributed by atoms with E-state index in [-0.39, 0.29) is 5.91 Å². The molecule has 1 aromatic rings. The summed E-state index contributed by atoms with van der Waals surface area (Å²) in [6.07, 6.45) is 2.43. The van der Waals surface area contributed by atoms with Gasteiger partial charge >= 0.3 is 0 Å². The van der Waals surface area contributed by atoms with Gasteiger partial charge in [-0.05, 0) is 20.8 Å². The summed E-state index contributed by atoms with van der Waals surface area (Å²) in [5.41, 5.74) is 1.86. The van der Waals surface area contributed by atoms with Crippen LogP contribution in [0.1, 0.15) is 24.7 Å². The van der Waals surface area contributed by atoms with Gasteiger partial charge in [-0.3, -0.25) is 9.78 Å². The number of carbonyl (C=O) groups excluding carboxylic acids is 1. The highest BCUT2D eigenvalue weighted by atomic mass is 16.2. The maximum atomic E-state index is 11.7. The third-order valence-corrected chi connectivity index (χ3v) is 3.62. The summed E-state index contributed by atoms with van der Waals surface area (Å²) in [5.74, 6) is 1.58. The predicted octanol–water partition coefficient (Wildman–Crippen LogP) is 1.40. The van der Waals surface area contributed by atoms with E-state index >= 15 is 0 Å². The number of nitrogens with zero attached hydrogens (tertiary/aromatic N) is 4. The van der Waals surface area contributed by atoms with Gasteiger partial charge in [0.15, 0.2) is 0 Å². The Bertz CT molecular complexity index is 475. The lowest BCUT2D eigenvalue weighted by Crippen LogP contribution is -2.29. The first-order valence-corrected chi connectivity index (χ1v) is 6.80. The Labute approximate surface area is 114 Å². The number of aryl methyl sites for hydroxylation is 2. The minimum absolute atomic E-state index is 0.271. The maximum absolute atomic E-state index is 11.7. The van der Waals surface area contributed by atoms with Crippen LogP contribution >= 0.6 is 0 Å². The molecule has 2 heterocycles. The highest BCUT2D eigenvalue weighted by molar-refractivity contribution is 5.78. The van der Waals surface area contributed by atoms with Crippen LogP contribution in [0.15, 0.2) is 6.20 Å². The maximum Gasteiger partial charge on any atom is 0.222 e. The molecule has 1 aliphatic heterocycles. The quantitative estimate of drug-likeness (QED) is 0.823. The molecule has 19 heavy (non-hydrogen) atoms. The summed E-state index contributed by atoms with van der Waals surface area (Å²) in [4.78, 5) is 24.7. The molecule has 1 atom stereocenters. The number of anilines is 1. The number of hydrogen-bond acceptors (Lipinski definition) is 4. The van der Waals surface area contributed by atoms with Crippen molar-refractivity contribution in [3.63, 3.8) is 0 Å². The second kappa shape index (κ2) is 5.55. The van der Waals surface area contributed by atoms with Crippen LogP contribution in [-0.2, 0) is 4.79 Å². The Morgan fingerprint density at radius 2 is 2.21 bits per heavy atom. The molecule has 104 valence electrons. The fourth-order valence-electron chi connectivity index (χ4n) is 2.64. The summed E-state index contributed by atoms with van der Waals surface area (Å²) < 4.78 is 0. The highest BCUT2D eigenvalue weighted by Crippen LogP contribution is 2.21. The van der Waals surface area contributed by atoms with E-state index in [0.29, 0.717) is 12.3 Å². The van der Waals surface area contributed by atoms with Crippen LogP contribution in [0.2, 0.25) is 0 Å². The Hall–Kier alpha value is -1.65. The van der Waals surface area contributed by atoms with Gasteiger partial charge in [0, 0.05) is 45.2 Å². The van der Waals surface area contributed by atoms with Crippen LogP contribution in [0.25, 0.3) is 0 Å². The second-order valence-corrected chi connectivity index (χ2v) is 5.30. The van der Waals surface area contributed by atoms with Crippen molar-refractivity contribution in [1.82, 2.24) is 14.9 Å². The van der Waals surface area contributed by atoms with Gasteiger partial charge in [-0.25, -0.2) is 4.98 Å². The van der Waals surface area contributed by atoms with Gasteiger partial charge in [0.25, 0.3) is 0 Å². The van der Waals surface area contributed by atoms with E-state index in [1.165, 1.54) is 0 Å². The molecule has 1 unspecified atom stereocenters. The fourth-order valence-corrected chi connectivity index (χ4v) is 2.64. The van der Waals surface area contributed by atoms with Crippen molar-refractivity contribution in [1.29, 1.82) is 0 Å². The normalized spacial score (nSPS) is 19.1. The molecule has 0 aliphatic carbocycles. The van der Waals surface area contributed by atoms with E-state index in [1.54, 1.807) is 6.20 Å². The van der Waals surface area contributed by atoms with Crippen molar-refractivity contribution in [2.24, 2.45) is 5.92 Å². The van der Waals surface area contributed by atoms with E-state index in [9.17, 15) is 4.79 Å². The van der Waals surface area contributed by atoms with E-state index in [0.717, 1.165) is 36.8 Å². The van der Waals surface area contributed by atoms with Crippen molar-refractivity contribution in [2.75, 3.05) is 31.6 Å². The third-order valence-electron chi connectivity index (χ3n) is 3.62. The Morgan fingerprint density at radius 1 is 1.47 bits per heavy atom. The summed E-state index contributed by atoms with van der Waals surface area (Å²) in [6, 6.07) is 0. The monoisotopic (exact) mass is 262 g/mol. The molecular formula is C14H22N4O. The van der Waals surface area contributed by atoms with E-state index in [4.69, 9.17) is 0 Å². The van der Waals surface area contributed by atoms with Crippen molar-refractivity contribution in [3.8, 4) is 0 Å². The smallest absolute Gasteiger partial charge is 0.222 e. The van der Waals surface area contributed by atoms with E-state index in [2.05, 4.69) is 14.9 Å². The Morgan fingerprint density at radius 3 is 2.84 bits per heavy atom. The van der Waals surface area contributed by atoms with E-state index in [1.807, 2.05) is 32.7 Å². The average molecular weight is 262 g/mol. The summed E-state index contributed by atoms with van der Waals surface area (Å²) in [5, 5.41) is 0. The minimum Gasteiger partial charge on any atom is -0.358 e. The number of likely N-dealkylation sites (tertiary alicyclic amines) is 1. The summed E-state index contributed by atoms with van der Waals surface area (Å²) >= 11 is 0. The third kappa shape index (κ3) is 3.03. The number of rotatable bonds is 4. The van der Waals surface area contributed by atoms with Gasteiger partial charge in [-0.2, -0.15) is 0 Å². The van der Waals surface area contributed by atoms with Crippen molar-refractivity contribution >= 4 is 11.7 Å². The van der Waals surface area contributed by atoms with Gasteiger partial charge in [0.2, 0.25) is 5.91 Å². The van der Waals surface area contributed by atoms with Crippen molar-refractivity contribution in [2.45, 2.75) is 27.2 Å². The molecule has 0 aromatic carbocycles. The highest BCUT2D eigenvalue weighted by Gasteiger charge is 2.29. The van der Waals surface area contributed by atoms with Crippen molar-refractivity contribution < 1.29 is 4.79 Å². The first kappa shape index (κ1) is 13.8. The molecule has 0 bridgehead atoms. The van der Waals surface area contributed by atoms with Crippen LogP contribution in [0.4, 0.5) is 5.82 Å². The minimum atomic E-state index is 0.271. The van der Waals surface area contributed by atoms with Crippen LogP contribution in [-0.4, -0.2) is 47.5 Å². The number of carbonyl (C=O) groups is 1. The zero-order chi connectivity index (χ0) is 14.0. The Balaban J connectivity index is 2.03. The standard InChI is InChI=1S/C14H22N4O/c1-5-18-9-12(6-13(18)19)8-17(4)14-11(3)15-7-10(2)16-14/h7,12H,5-6,8-9H2,1-4H3. The lowest BCUT2D eigenvalue weighted by Gasteiger charge is -2.23.